The van der Waals surface area contributed by atoms with Crippen molar-refractivity contribution >= 4 is 33.5 Å². The number of hydrogen-bond acceptors (Lipinski definition) is 3. The molecule has 0 unspecified atom stereocenters. The Hall–Kier alpha value is -0.710. The van der Waals surface area contributed by atoms with Crippen LogP contribution in [0.5, 0.6) is 0 Å². The lowest BCUT2D eigenvalue weighted by Gasteiger charge is -2.08. The summed E-state index contributed by atoms with van der Waals surface area (Å²) in [7, 11) is 0. The number of carbonyl (C=O) groups excluding carboxylic acids is 2. The first kappa shape index (κ1) is 26.8. The highest BCUT2D eigenvalue weighted by Gasteiger charge is 2.18. The van der Waals surface area contributed by atoms with Crippen LogP contribution in [0.2, 0.25) is 0 Å². The maximum absolute atomic E-state index is 10.4. The number of Topliss-reactive ketones (excluding diaryl/α,β-unsaturated/α-hetero) is 2. The molecule has 0 fully saturated rings. The molecule has 0 aliphatic heterocycles. The van der Waals surface area contributed by atoms with Crippen molar-refractivity contribution in [3.63, 3.8) is 0 Å². The summed E-state index contributed by atoms with van der Waals surface area (Å²) in [6.07, 6.45) is 0. The number of halogens is 1. The smallest absolute Gasteiger partial charge is 0.308 e. The number of hydrogen-bond donors (Lipinski definition) is 1. The molecule has 0 aliphatic carbocycles. The number of rotatable bonds is 1. The van der Waals surface area contributed by atoms with E-state index in [0.29, 0.717) is 0 Å². The van der Waals surface area contributed by atoms with Crippen molar-refractivity contribution in [3.05, 3.63) is 0 Å². The Labute approximate surface area is 126 Å². The van der Waals surface area contributed by atoms with Crippen LogP contribution in [0.3, 0.4) is 0 Å². The van der Waals surface area contributed by atoms with Crippen LogP contribution in [0.25, 0.3) is 0 Å². The fourth-order valence-corrected chi connectivity index (χ4v) is 0. The number of aliphatic carboxylic acids is 1. The predicted octanol–water partition coefficient (Wildman–Crippen LogP) is 4.10. The van der Waals surface area contributed by atoms with Crippen LogP contribution in [-0.2, 0) is 14.4 Å². The quantitative estimate of drug-likeness (QED) is 0.729. The average Bonchev–Trinajstić information content (AvgIpc) is 1.99. The van der Waals surface area contributed by atoms with Gasteiger partial charge < -0.3 is 9.90 Å². The summed E-state index contributed by atoms with van der Waals surface area (Å²) >= 11 is 3.19. The monoisotopic (exact) mass is 340 g/mol. The Morgan fingerprint density at radius 3 is 1.00 bits per heavy atom. The second kappa shape index (κ2) is 11.1. The van der Waals surface area contributed by atoms with E-state index in [-0.39, 0.29) is 23.3 Å². The van der Waals surface area contributed by atoms with E-state index < -0.39 is 11.4 Å². The molecule has 0 amide bonds. The van der Waals surface area contributed by atoms with Crippen LogP contribution >= 0.6 is 15.9 Å². The van der Waals surface area contributed by atoms with E-state index in [1.807, 2.05) is 13.8 Å². The number of carboxylic acid groups (broad SMARTS) is 1. The highest BCUT2D eigenvalue weighted by Crippen LogP contribution is 2.15. The highest BCUT2D eigenvalue weighted by molar-refractivity contribution is 9.10. The van der Waals surface area contributed by atoms with E-state index in [0.717, 1.165) is 0 Å². The van der Waals surface area contributed by atoms with Crippen molar-refractivity contribution in [1.29, 1.82) is 0 Å². The molecular weight excluding hydrogens is 312 g/mol. The van der Waals surface area contributed by atoms with Crippen LogP contribution in [0, 0.1) is 5.41 Å². The van der Waals surface area contributed by atoms with E-state index in [9.17, 15) is 14.4 Å². The summed E-state index contributed by atoms with van der Waals surface area (Å²) in [6, 6.07) is 0. The fraction of sp³-hybridized carbons (Fsp3) is 0.786. The second-order valence-corrected chi connectivity index (χ2v) is 7.47. The van der Waals surface area contributed by atoms with Crippen molar-refractivity contribution in [2.45, 2.75) is 67.1 Å². The van der Waals surface area contributed by atoms with Crippen molar-refractivity contribution in [1.82, 2.24) is 0 Å². The maximum Gasteiger partial charge on any atom is 0.308 e. The zero-order valence-electron chi connectivity index (χ0n) is 12.5. The van der Waals surface area contributed by atoms with E-state index in [1.165, 1.54) is 13.8 Å². The summed E-state index contributed by atoms with van der Waals surface area (Å²) in [5.74, 6) is -0.431. The van der Waals surface area contributed by atoms with E-state index in [4.69, 9.17) is 5.11 Å². The van der Waals surface area contributed by atoms with Crippen molar-refractivity contribution in [3.8, 4) is 0 Å². The van der Waals surface area contributed by atoms with Gasteiger partial charge in [0.15, 0.2) is 0 Å². The Kier molecular flexibility index (Phi) is 15.7. The molecule has 0 heterocycles. The Morgan fingerprint density at radius 1 is 0.895 bits per heavy atom. The molecule has 0 aromatic rings. The molecule has 116 valence electrons. The normalized spacial score (nSPS) is 9.74. The van der Waals surface area contributed by atoms with Crippen LogP contribution in [0.1, 0.15) is 62.8 Å². The summed E-state index contributed by atoms with van der Waals surface area (Å²) in [4.78, 5) is 29.9. The first-order valence-electron chi connectivity index (χ1n) is 5.52. The molecule has 0 saturated heterocycles. The van der Waals surface area contributed by atoms with E-state index >= 15 is 0 Å². The van der Waals surface area contributed by atoms with Gasteiger partial charge in [0.1, 0.15) is 11.6 Å². The lowest BCUT2D eigenvalue weighted by Crippen LogP contribution is -2.19. The minimum Gasteiger partial charge on any atom is -0.481 e. The molecule has 0 spiro atoms. The minimum atomic E-state index is -0.757. The van der Waals surface area contributed by atoms with Crippen LogP contribution in [0.15, 0.2) is 0 Å². The minimum absolute atomic E-state index is 0. The third kappa shape index (κ3) is 31.7. The maximum atomic E-state index is 10.4. The van der Waals surface area contributed by atoms with Gasteiger partial charge in [0.05, 0.1) is 9.74 Å². The van der Waals surface area contributed by atoms with E-state index in [1.54, 1.807) is 27.7 Å². The number of carboxylic acids is 1. The molecule has 0 aliphatic rings. The third-order valence-electron chi connectivity index (χ3n) is 1.48. The molecule has 0 bridgehead atoms. The fourth-order valence-electron chi connectivity index (χ4n) is 0. The molecule has 4 nitrogen and oxygen atoms in total. The lowest BCUT2D eigenvalue weighted by molar-refractivity contribution is -0.145. The topological polar surface area (TPSA) is 71.4 Å². The first-order chi connectivity index (χ1) is 7.62. The van der Waals surface area contributed by atoms with Crippen molar-refractivity contribution < 1.29 is 19.5 Å². The van der Waals surface area contributed by atoms with Crippen LogP contribution < -0.4 is 0 Å². The number of alkyl halides is 1. The molecular formula is C14H29BrO4. The Morgan fingerprint density at radius 2 is 1.00 bits per heavy atom. The Balaban J connectivity index is -0.0000000900. The summed E-state index contributed by atoms with van der Waals surface area (Å²) in [5.41, 5.74) is -0.583. The number of carbonyl (C=O) groups is 3. The van der Waals surface area contributed by atoms with Crippen LogP contribution in [-0.4, -0.2) is 27.0 Å². The second-order valence-electron chi connectivity index (χ2n) is 5.49. The van der Waals surface area contributed by atoms with E-state index in [2.05, 4.69) is 15.9 Å². The van der Waals surface area contributed by atoms with Gasteiger partial charge in [-0.05, 0) is 55.4 Å². The molecule has 0 aromatic carbocycles. The van der Waals surface area contributed by atoms with Gasteiger partial charge in [0, 0.05) is 0 Å². The first-order valence-corrected chi connectivity index (χ1v) is 6.32. The predicted molar refractivity (Wildman–Crippen MR) is 83.9 cm³/mol. The average molecular weight is 341 g/mol. The van der Waals surface area contributed by atoms with Crippen molar-refractivity contribution in [2.24, 2.45) is 5.41 Å². The van der Waals surface area contributed by atoms with Gasteiger partial charge in [0.25, 0.3) is 0 Å². The summed E-state index contributed by atoms with van der Waals surface area (Å²) in [5, 5.41) is 8.25. The Bertz CT molecular complexity index is 255. The van der Waals surface area contributed by atoms with Gasteiger partial charge in [-0.25, -0.2) is 0 Å². The molecule has 0 rings (SSSR count). The molecule has 0 radical (unpaired) electrons. The third-order valence-corrected chi connectivity index (χ3v) is 2.04. The van der Waals surface area contributed by atoms with Crippen molar-refractivity contribution in [2.75, 3.05) is 0 Å². The molecule has 5 heteroatoms. The molecule has 0 atom stereocenters. The van der Waals surface area contributed by atoms with Gasteiger partial charge in [-0.15, -0.1) is 0 Å². The molecule has 0 saturated carbocycles. The van der Waals surface area contributed by atoms with Gasteiger partial charge in [0.2, 0.25) is 0 Å². The van der Waals surface area contributed by atoms with Gasteiger partial charge >= 0.3 is 5.97 Å². The molecule has 0 aromatic heterocycles. The van der Waals surface area contributed by atoms with Gasteiger partial charge in [-0.3, -0.25) is 9.59 Å². The standard InChI is InChI=1S/C5H9BrO.C5H10O2.C3H6O.CH4/c1-4(7)5(2,3)6;1-5(2,3)4(6)7;1-3(2)4;/h1-3H3;1-3H3,(H,6,7);1-2H3;1H4. The van der Waals surface area contributed by atoms with Gasteiger partial charge in [-0.2, -0.15) is 0 Å². The SMILES string of the molecule is C.CC(=O)C(C)(C)Br.CC(C)(C)C(=O)O.CC(C)=O. The lowest BCUT2D eigenvalue weighted by atomic mass is 9.98. The zero-order chi connectivity index (χ0) is 15.7. The summed E-state index contributed by atoms with van der Waals surface area (Å²) < 4.78 is -0.326. The largest absolute Gasteiger partial charge is 0.481 e. The summed E-state index contributed by atoms with van der Waals surface area (Å²) in [6.45, 7) is 13.3. The number of ketones is 2. The zero-order valence-corrected chi connectivity index (χ0v) is 14.1. The molecule has 19 heavy (non-hydrogen) atoms. The highest BCUT2D eigenvalue weighted by atomic mass is 79.9. The molecule has 1 N–H and O–H groups in total. The van der Waals surface area contributed by atoms with Gasteiger partial charge in [-0.1, -0.05) is 23.4 Å². The van der Waals surface area contributed by atoms with Crippen LogP contribution in [0.4, 0.5) is 0 Å².